The molecule has 1 aromatic heterocycles. The second kappa shape index (κ2) is 13.9. The summed E-state index contributed by atoms with van der Waals surface area (Å²) < 4.78 is 2.65. The molecule has 0 saturated heterocycles. The minimum atomic E-state index is -0.441. The van der Waals surface area contributed by atoms with E-state index in [1.165, 1.54) is 81.4 Å². The van der Waals surface area contributed by atoms with Crippen LogP contribution in [-0.4, -0.2) is 0 Å². The lowest BCUT2D eigenvalue weighted by Crippen LogP contribution is -2.28. The number of nitrogens with zero attached hydrogens (tertiary/aromatic N) is 1. The predicted octanol–water partition coefficient (Wildman–Crippen LogP) is 15.5. The molecule has 0 fully saturated rings. The Kier molecular flexibility index (Phi) is 8.20. The van der Waals surface area contributed by atoms with Crippen LogP contribution in [0.1, 0.15) is 27.8 Å². The predicted molar refractivity (Wildman–Crippen MR) is 247 cm³/mol. The average molecular weight is 758 g/mol. The highest BCUT2D eigenvalue weighted by Gasteiger charge is 2.45. The van der Waals surface area contributed by atoms with Gasteiger partial charge in [-0.3, -0.25) is 0 Å². The number of hydrogen-bond acceptors (Lipinski definition) is 2. The molecule has 0 N–H and O–H groups in total. The third-order valence-corrected chi connectivity index (χ3v) is 13.2. The van der Waals surface area contributed by atoms with Crippen LogP contribution in [-0.2, 0) is 5.41 Å². The summed E-state index contributed by atoms with van der Waals surface area (Å²) in [4.78, 5) is 2.38. The molecule has 58 heavy (non-hydrogen) atoms. The van der Waals surface area contributed by atoms with Crippen LogP contribution in [0.2, 0.25) is 0 Å². The quantitative estimate of drug-likeness (QED) is 0.156. The van der Waals surface area contributed by atoms with Crippen molar-refractivity contribution in [3.8, 4) is 33.4 Å². The van der Waals surface area contributed by atoms with Crippen LogP contribution in [0.4, 0.5) is 17.1 Å². The van der Waals surface area contributed by atoms with Gasteiger partial charge < -0.3 is 4.90 Å². The maximum Gasteiger partial charge on any atom is 0.0713 e. The molecule has 11 rings (SSSR count). The summed E-state index contributed by atoms with van der Waals surface area (Å²) in [6, 6.07) is 80.6. The number of rotatable bonds is 7. The molecule has 0 bridgehead atoms. The van der Waals surface area contributed by atoms with Crippen LogP contribution in [0.25, 0.3) is 53.6 Å². The fourth-order valence-corrected chi connectivity index (χ4v) is 10.4. The third kappa shape index (κ3) is 5.52. The highest BCUT2D eigenvalue weighted by molar-refractivity contribution is 7.25. The van der Waals surface area contributed by atoms with Crippen molar-refractivity contribution in [3.63, 3.8) is 0 Å². The van der Waals surface area contributed by atoms with Gasteiger partial charge in [0, 0.05) is 37.2 Å². The Hall–Kier alpha value is -7.00. The Morgan fingerprint density at radius 3 is 1.50 bits per heavy atom. The van der Waals surface area contributed by atoms with E-state index in [2.05, 4.69) is 230 Å². The maximum absolute atomic E-state index is 2.38. The van der Waals surface area contributed by atoms with Gasteiger partial charge in [0.15, 0.2) is 0 Å². The Morgan fingerprint density at radius 2 is 0.862 bits per heavy atom. The minimum absolute atomic E-state index is 0.441. The molecule has 2 heteroatoms. The van der Waals surface area contributed by atoms with Gasteiger partial charge in [-0.1, -0.05) is 169 Å². The van der Waals surface area contributed by atoms with Crippen LogP contribution < -0.4 is 4.90 Å². The number of anilines is 3. The number of hydrogen-bond donors (Lipinski definition) is 0. The van der Waals surface area contributed by atoms with Crippen molar-refractivity contribution in [2.24, 2.45) is 0 Å². The van der Waals surface area contributed by atoms with Crippen molar-refractivity contribution in [1.29, 1.82) is 0 Å². The first-order chi connectivity index (χ1) is 28.6. The van der Waals surface area contributed by atoms with Gasteiger partial charge in [0.1, 0.15) is 0 Å². The largest absolute Gasteiger partial charge is 0.311 e. The maximum atomic E-state index is 2.38. The molecule has 1 aliphatic rings. The first kappa shape index (κ1) is 34.3. The van der Waals surface area contributed by atoms with Gasteiger partial charge in [0.05, 0.1) is 5.41 Å². The lowest BCUT2D eigenvalue weighted by atomic mass is 9.68. The van der Waals surface area contributed by atoms with Crippen LogP contribution in [0, 0.1) is 6.92 Å². The average Bonchev–Trinajstić information content (AvgIpc) is 3.81. The molecule has 0 saturated carbocycles. The normalized spacial score (nSPS) is 12.7. The van der Waals surface area contributed by atoms with Crippen molar-refractivity contribution in [2.75, 3.05) is 4.90 Å². The van der Waals surface area contributed by atoms with Crippen LogP contribution >= 0.6 is 11.3 Å². The summed E-state index contributed by atoms with van der Waals surface area (Å²) in [6.07, 6.45) is 0. The van der Waals surface area contributed by atoms with Gasteiger partial charge in [-0.25, -0.2) is 0 Å². The Balaban J connectivity index is 1.03. The first-order valence-electron chi connectivity index (χ1n) is 20.0. The Morgan fingerprint density at radius 1 is 0.362 bits per heavy atom. The molecule has 0 aliphatic heterocycles. The van der Waals surface area contributed by atoms with E-state index < -0.39 is 5.41 Å². The van der Waals surface area contributed by atoms with E-state index in [4.69, 9.17) is 0 Å². The number of aryl methyl sites for hydroxylation is 1. The highest BCUT2D eigenvalue weighted by Crippen LogP contribution is 2.56. The molecule has 1 aliphatic carbocycles. The van der Waals surface area contributed by atoms with Crippen molar-refractivity contribution >= 4 is 48.6 Å². The first-order valence-corrected chi connectivity index (χ1v) is 20.8. The van der Waals surface area contributed by atoms with E-state index in [0.717, 1.165) is 17.1 Å². The van der Waals surface area contributed by atoms with E-state index in [-0.39, 0.29) is 0 Å². The van der Waals surface area contributed by atoms with Crippen molar-refractivity contribution in [2.45, 2.75) is 12.3 Å². The van der Waals surface area contributed by atoms with E-state index in [1.54, 1.807) is 0 Å². The molecular formula is C56H39NS. The second-order valence-electron chi connectivity index (χ2n) is 15.4. The van der Waals surface area contributed by atoms with Gasteiger partial charge in [-0.05, 0) is 117 Å². The van der Waals surface area contributed by atoms with Crippen LogP contribution in [0.15, 0.2) is 218 Å². The number of benzene rings is 9. The molecule has 0 unspecified atom stereocenters. The highest BCUT2D eigenvalue weighted by atomic mass is 32.1. The number of fused-ring (bicyclic) bond motifs is 6. The summed E-state index contributed by atoms with van der Waals surface area (Å²) in [5.74, 6) is 0. The van der Waals surface area contributed by atoms with Crippen molar-refractivity contribution in [1.82, 2.24) is 0 Å². The van der Waals surface area contributed by atoms with Gasteiger partial charge >= 0.3 is 0 Å². The van der Waals surface area contributed by atoms with Gasteiger partial charge in [-0.15, -0.1) is 11.3 Å². The Bertz CT molecular complexity index is 3060. The molecule has 274 valence electrons. The molecule has 0 atom stereocenters. The molecule has 9 aromatic carbocycles. The monoisotopic (exact) mass is 757 g/mol. The molecule has 1 heterocycles. The standard InChI is InChI=1S/C56H39NS/c1-38-12-11-13-41(36-38)39-22-29-45(30-23-39)57(46-31-24-40(25-32-46)42-26-35-55-51(37-42)50-18-7-10-21-54(50)58-55)47-33-27-44(28-34-47)56(43-14-3-2-4-15-43)52-19-8-5-16-48(52)49-17-6-9-20-53(49)56/h2-37H,1H3. The second-order valence-corrected chi connectivity index (χ2v) is 16.4. The summed E-state index contributed by atoms with van der Waals surface area (Å²) in [6.45, 7) is 2.15. The summed E-state index contributed by atoms with van der Waals surface area (Å²) >= 11 is 1.86. The smallest absolute Gasteiger partial charge is 0.0713 e. The van der Waals surface area contributed by atoms with Crippen molar-refractivity contribution in [3.05, 3.63) is 246 Å². The van der Waals surface area contributed by atoms with E-state index in [0.29, 0.717) is 0 Å². The lowest BCUT2D eigenvalue weighted by Gasteiger charge is -2.34. The van der Waals surface area contributed by atoms with Crippen molar-refractivity contribution < 1.29 is 0 Å². The van der Waals surface area contributed by atoms with Gasteiger partial charge in [0.25, 0.3) is 0 Å². The Labute approximate surface area is 343 Å². The molecule has 1 nitrogen and oxygen atoms in total. The molecule has 0 amide bonds. The topological polar surface area (TPSA) is 3.24 Å². The SMILES string of the molecule is Cc1cccc(-c2ccc(N(c3ccc(-c4ccc5sc6ccccc6c5c4)cc3)c3ccc(C4(c5ccccc5)c5ccccc5-c5ccccc54)cc3)cc2)c1. The minimum Gasteiger partial charge on any atom is -0.311 e. The zero-order valence-corrected chi connectivity index (χ0v) is 33.0. The van der Waals surface area contributed by atoms with E-state index in [9.17, 15) is 0 Å². The molecular weight excluding hydrogens is 719 g/mol. The van der Waals surface area contributed by atoms with E-state index in [1.807, 2.05) is 11.3 Å². The van der Waals surface area contributed by atoms with Gasteiger partial charge in [-0.2, -0.15) is 0 Å². The fraction of sp³-hybridized carbons (Fsp3) is 0.0357. The van der Waals surface area contributed by atoms with Gasteiger partial charge in [0.2, 0.25) is 0 Å². The third-order valence-electron chi connectivity index (χ3n) is 12.0. The lowest BCUT2D eigenvalue weighted by molar-refractivity contribution is 0.768. The van der Waals surface area contributed by atoms with Crippen LogP contribution in [0.3, 0.4) is 0 Å². The van der Waals surface area contributed by atoms with E-state index >= 15 is 0 Å². The summed E-state index contributed by atoms with van der Waals surface area (Å²) in [7, 11) is 0. The summed E-state index contributed by atoms with van der Waals surface area (Å²) in [5, 5.41) is 2.64. The fourth-order valence-electron chi connectivity index (χ4n) is 9.36. The van der Waals surface area contributed by atoms with Crippen LogP contribution in [0.5, 0.6) is 0 Å². The summed E-state index contributed by atoms with van der Waals surface area (Å²) in [5.41, 5.74) is 16.8. The molecule has 10 aromatic rings. The zero-order valence-electron chi connectivity index (χ0n) is 32.1. The zero-order chi connectivity index (χ0) is 38.6. The number of thiophene rings is 1. The molecule has 0 radical (unpaired) electrons. The molecule has 0 spiro atoms.